The maximum absolute atomic E-state index is 11.9. The van der Waals surface area contributed by atoms with Crippen LogP contribution in [0.25, 0.3) is 5.43 Å². The van der Waals surface area contributed by atoms with E-state index in [-0.39, 0.29) is 34.5 Å². The molecule has 0 bridgehead atoms. The quantitative estimate of drug-likeness (QED) is 0.0518. The van der Waals surface area contributed by atoms with Crippen molar-refractivity contribution in [2.75, 3.05) is 0 Å². The van der Waals surface area contributed by atoms with Gasteiger partial charge in [-0.05, 0) is 48.9 Å². The van der Waals surface area contributed by atoms with E-state index in [0.717, 1.165) is 42.5 Å². The molecule has 19 heteroatoms. The van der Waals surface area contributed by atoms with Crippen molar-refractivity contribution in [3.05, 3.63) is 76.7 Å². The topological polar surface area (TPSA) is 252 Å². The van der Waals surface area contributed by atoms with E-state index in [9.17, 15) is 48.8 Å². The number of aryl methyl sites for hydroxylation is 1. The number of aldehydes is 1. The van der Waals surface area contributed by atoms with E-state index in [2.05, 4.69) is 20.8 Å². The molecule has 0 atom stereocenters. The molecule has 3 aromatic carbocycles. The number of hydrogen-bond donors (Lipinski definition) is 4. The van der Waals surface area contributed by atoms with Crippen LogP contribution in [0.5, 0.6) is 5.75 Å². The summed E-state index contributed by atoms with van der Waals surface area (Å²) in [5, 5.41) is 21.5. The Morgan fingerprint density at radius 3 is 2.05 bits per heavy atom. The minimum atomic E-state index is -4.88. The van der Waals surface area contributed by atoms with Gasteiger partial charge >= 0.3 is 17.1 Å². The molecule has 0 heterocycles. The summed E-state index contributed by atoms with van der Waals surface area (Å²) < 4.78 is 98.3. The number of nitrogens with zero attached hydrogens (tertiary/aromatic N) is 4. The van der Waals surface area contributed by atoms with E-state index in [1.807, 2.05) is 0 Å². The Bertz CT molecular complexity index is 1860. The average molecular weight is 661 g/mol. The Balaban J connectivity index is 0.00000560. The number of phenols is 1. The molecule has 40 heavy (non-hydrogen) atoms. The first-order valence-electron chi connectivity index (χ1n) is 10.2. The van der Waals surface area contributed by atoms with Gasteiger partial charge in [0.25, 0.3) is 30.4 Å². The molecular formula is C21H17CuN4O11S3. The van der Waals surface area contributed by atoms with Crippen molar-refractivity contribution in [2.24, 2.45) is 15.3 Å². The monoisotopic (exact) mass is 660 g/mol. The molecule has 0 fully saturated rings. The summed E-state index contributed by atoms with van der Waals surface area (Å²) in [6.45, 7) is 1.30. The predicted octanol–water partition coefficient (Wildman–Crippen LogP) is 3.40. The normalized spacial score (nSPS) is 12.7. The minimum Gasteiger partial charge on any atom is -0.571 e. The molecule has 0 saturated heterocycles. The Hall–Kier alpha value is -3.55. The van der Waals surface area contributed by atoms with Gasteiger partial charge in [-0.1, -0.05) is 23.9 Å². The zero-order chi connectivity index (χ0) is 29.2. The number of carbonyl (C=O) groups is 1. The van der Waals surface area contributed by atoms with Gasteiger partial charge in [-0.25, -0.2) is 0 Å². The van der Waals surface area contributed by atoms with Gasteiger partial charge in [0.15, 0.2) is 12.1 Å². The fraction of sp³-hybridized carbons (Fsp3) is 0.0476. The standard InChI is InChI=1S/C21H18N4O11S3.Cu/c1-12-8-15(38(31,32)33)10-18(20(12)27)23-25-21(16-4-2-3-5-19(16)39(34,35)36)24-22-17-9-14(37(28,29)30)7-6-13(17)11-26;/h2-11H,1H3,(H5,22,23,24,25,26,27,28,29,30,31,32,33,34,35,36);/q;+1/p-1. The molecule has 0 saturated carbocycles. The maximum Gasteiger partial charge on any atom is 1.00 e. The largest absolute Gasteiger partial charge is 1.00 e. The van der Waals surface area contributed by atoms with Crippen molar-refractivity contribution >= 4 is 53.9 Å². The SMILES string of the molecule is Cc1cc(S(=O)(=O)O)cc([N-]/N=C(\N=Nc2cc(S(=O)(=O)O)ccc2C=O)c2ccccc2S(=O)(=O)O)c1O.[Cu+]. The molecular weight excluding hydrogens is 644 g/mol. The van der Waals surface area contributed by atoms with E-state index < -0.39 is 73.6 Å². The number of carbonyl (C=O) groups excluding carboxylic acids is 1. The Morgan fingerprint density at radius 1 is 0.850 bits per heavy atom. The third-order valence-corrected chi connectivity index (χ3v) is 7.48. The number of benzene rings is 3. The predicted molar refractivity (Wildman–Crippen MR) is 135 cm³/mol. The second-order valence-electron chi connectivity index (χ2n) is 7.59. The van der Waals surface area contributed by atoms with Gasteiger partial charge < -0.3 is 15.6 Å². The van der Waals surface area contributed by atoms with Gasteiger partial charge in [0.1, 0.15) is 10.6 Å². The van der Waals surface area contributed by atoms with E-state index in [4.69, 9.17) is 0 Å². The molecule has 3 rings (SSSR count). The van der Waals surface area contributed by atoms with Crippen molar-refractivity contribution in [2.45, 2.75) is 21.6 Å². The molecule has 4 N–H and O–H groups in total. The van der Waals surface area contributed by atoms with Crippen LogP contribution >= 0.6 is 0 Å². The van der Waals surface area contributed by atoms with E-state index >= 15 is 0 Å². The number of azo groups is 1. The van der Waals surface area contributed by atoms with Gasteiger partial charge in [0.05, 0.1) is 15.5 Å². The number of aromatic hydroxyl groups is 1. The summed E-state index contributed by atoms with van der Waals surface area (Å²) >= 11 is 0. The van der Waals surface area contributed by atoms with Crippen molar-refractivity contribution < 1.29 is 65.9 Å². The fourth-order valence-corrected chi connectivity index (χ4v) is 4.81. The van der Waals surface area contributed by atoms with Gasteiger partial charge in [0.2, 0.25) is 0 Å². The first-order chi connectivity index (χ1) is 18.0. The molecule has 0 aliphatic heterocycles. The molecule has 0 spiro atoms. The molecule has 15 nitrogen and oxygen atoms in total. The maximum atomic E-state index is 11.9. The third kappa shape index (κ3) is 7.77. The van der Waals surface area contributed by atoms with Crippen LogP contribution in [0.1, 0.15) is 21.5 Å². The van der Waals surface area contributed by atoms with Gasteiger partial charge in [-0.2, -0.15) is 25.3 Å². The zero-order valence-electron chi connectivity index (χ0n) is 19.7. The Labute approximate surface area is 238 Å². The van der Waals surface area contributed by atoms with Crippen LogP contribution in [0.15, 0.2) is 84.6 Å². The molecule has 0 amide bonds. The van der Waals surface area contributed by atoms with E-state index in [1.165, 1.54) is 19.1 Å². The summed E-state index contributed by atoms with van der Waals surface area (Å²) in [5.74, 6) is -1.23. The molecule has 0 aliphatic carbocycles. The molecule has 0 aromatic heterocycles. The van der Waals surface area contributed by atoms with Crippen LogP contribution in [-0.4, -0.2) is 56.1 Å². The van der Waals surface area contributed by atoms with Gasteiger partial charge in [0, 0.05) is 11.1 Å². The molecule has 3 aromatic rings. The Morgan fingerprint density at radius 2 is 1.48 bits per heavy atom. The average Bonchev–Trinajstić information content (AvgIpc) is 2.84. The summed E-state index contributed by atoms with van der Waals surface area (Å²) in [4.78, 5) is 9.40. The van der Waals surface area contributed by atoms with E-state index in [0.29, 0.717) is 0 Å². The van der Waals surface area contributed by atoms with Crippen LogP contribution < -0.4 is 0 Å². The second kappa shape index (κ2) is 12.3. The summed E-state index contributed by atoms with van der Waals surface area (Å²) in [7, 11) is -14.3. The van der Waals surface area contributed by atoms with Crippen molar-refractivity contribution in [3.63, 3.8) is 0 Å². The molecule has 0 unspecified atom stereocenters. The van der Waals surface area contributed by atoms with Crippen LogP contribution in [-0.2, 0) is 47.4 Å². The third-order valence-electron chi connectivity index (χ3n) is 4.89. The number of amidine groups is 1. The van der Waals surface area contributed by atoms with Crippen LogP contribution in [0.3, 0.4) is 0 Å². The zero-order valence-corrected chi connectivity index (χ0v) is 23.1. The first-order valence-corrected chi connectivity index (χ1v) is 14.5. The van der Waals surface area contributed by atoms with Gasteiger partial charge in [-0.15, -0.1) is 10.2 Å². The summed E-state index contributed by atoms with van der Waals surface area (Å²) in [5.41, 5.74) is 2.16. The van der Waals surface area contributed by atoms with Crippen LogP contribution in [0.4, 0.5) is 11.4 Å². The smallest absolute Gasteiger partial charge is 0.571 e. The summed E-state index contributed by atoms with van der Waals surface area (Å²) in [6.07, 6.45) is 0.289. The number of phenolic OH excluding ortho intramolecular Hbond substituents is 1. The van der Waals surface area contributed by atoms with Crippen molar-refractivity contribution in [1.82, 2.24) is 0 Å². The molecule has 0 aliphatic rings. The Kier molecular flexibility index (Phi) is 10.1. The number of hydrogen-bond acceptors (Lipinski definition) is 10. The fourth-order valence-electron chi connectivity index (χ4n) is 3.03. The van der Waals surface area contributed by atoms with Gasteiger partial charge in [-0.3, -0.25) is 18.5 Å². The molecule has 0 radical (unpaired) electrons. The second-order valence-corrected chi connectivity index (χ2v) is 11.8. The first kappa shape index (κ1) is 32.7. The van der Waals surface area contributed by atoms with Crippen molar-refractivity contribution in [3.8, 4) is 5.75 Å². The van der Waals surface area contributed by atoms with Crippen LogP contribution in [0.2, 0.25) is 0 Å². The van der Waals surface area contributed by atoms with Crippen molar-refractivity contribution in [1.29, 1.82) is 0 Å². The van der Waals surface area contributed by atoms with Crippen LogP contribution in [0, 0.1) is 6.92 Å². The molecule has 216 valence electrons. The number of rotatable bonds is 8. The van der Waals surface area contributed by atoms with E-state index in [1.54, 1.807) is 0 Å². The summed E-state index contributed by atoms with van der Waals surface area (Å²) in [6, 6.07) is 9.11. The minimum absolute atomic E-state index is 0.